The highest BCUT2D eigenvalue weighted by Gasteiger charge is 2.33. The molecule has 1 saturated heterocycles. The molecule has 6 nitrogen and oxygen atoms in total. The van der Waals surface area contributed by atoms with Gasteiger partial charge in [-0.15, -0.1) is 5.11 Å². The molecule has 0 aliphatic carbocycles. The number of hydrogen-bond donors (Lipinski definition) is 0. The number of likely N-dealkylation sites (tertiary alicyclic amines) is 1. The molecule has 0 saturated carbocycles. The van der Waals surface area contributed by atoms with E-state index in [0.29, 0.717) is 6.54 Å². The third-order valence-electron chi connectivity index (χ3n) is 4.26. The molecule has 2 aliphatic heterocycles. The minimum Gasteiger partial charge on any atom is -0.496 e. The van der Waals surface area contributed by atoms with Crippen molar-refractivity contribution in [1.29, 1.82) is 0 Å². The van der Waals surface area contributed by atoms with Crippen molar-refractivity contribution in [3.05, 3.63) is 42.0 Å². The first-order chi connectivity index (χ1) is 11.2. The van der Waals surface area contributed by atoms with Crippen molar-refractivity contribution in [2.24, 2.45) is 10.2 Å². The number of amides is 2. The molecule has 0 bridgehead atoms. The Morgan fingerprint density at radius 2 is 2.22 bits per heavy atom. The molecular formula is C17H19N3O3. The van der Waals surface area contributed by atoms with E-state index in [9.17, 15) is 9.59 Å². The molecule has 0 spiro atoms. The molecule has 2 heterocycles. The predicted octanol–water partition coefficient (Wildman–Crippen LogP) is 2.15. The topological polar surface area (TPSA) is 71.3 Å². The zero-order valence-corrected chi connectivity index (χ0v) is 13.0. The number of azo groups is 1. The van der Waals surface area contributed by atoms with E-state index in [1.54, 1.807) is 7.11 Å². The van der Waals surface area contributed by atoms with Gasteiger partial charge in [0.2, 0.25) is 0 Å². The number of nitrogens with zero attached hydrogens (tertiary/aromatic N) is 3. The van der Waals surface area contributed by atoms with Crippen molar-refractivity contribution < 1.29 is 14.3 Å². The zero-order valence-electron chi connectivity index (χ0n) is 13.0. The van der Waals surface area contributed by atoms with Gasteiger partial charge in [-0.2, -0.15) is 5.11 Å². The Balaban J connectivity index is 1.73. The lowest BCUT2D eigenvalue weighted by atomic mass is 10.0. The smallest absolute Gasteiger partial charge is 0.287 e. The van der Waals surface area contributed by atoms with E-state index in [2.05, 4.69) is 10.2 Å². The molecule has 2 aliphatic rings. The van der Waals surface area contributed by atoms with Gasteiger partial charge in [-0.05, 0) is 37.0 Å². The second kappa shape index (κ2) is 6.73. The lowest BCUT2D eigenvalue weighted by molar-refractivity contribution is -0.132. The van der Waals surface area contributed by atoms with Crippen LogP contribution >= 0.6 is 0 Å². The van der Waals surface area contributed by atoms with E-state index in [0.717, 1.165) is 30.6 Å². The van der Waals surface area contributed by atoms with Gasteiger partial charge < -0.3 is 9.64 Å². The van der Waals surface area contributed by atoms with Crippen LogP contribution in [-0.4, -0.2) is 42.5 Å². The SMILES string of the molecule is COc1ccccc1CC1CCCN1C(=O)C1C=CC(=O)N=N1. The molecule has 2 atom stereocenters. The Morgan fingerprint density at radius 1 is 1.39 bits per heavy atom. The van der Waals surface area contributed by atoms with Crippen LogP contribution in [0.25, 0.3) is 0 Å². The summed E-state index contributed by atoms with van der Waals surface area (Å²) in [5.74, 6) is 0.339. The summed E-state index contributed by atoms with van der Waals surface area (Å²) in [7, 11) is 1.65. The normalized spacial score (nSPS) is 23.3. The fourth-order valence-corrected chi connectivity index (χ4v) is 3.13. The van der Waals surface area contributed by atoms with Crippen LogP contribution in [0.5, 0.6) is 5.75 Å². The van der Waals surface area contributed by atoms with Gasteiger partial charge in [0.15, 0.2) is 6.04 Å². The Bertz CT molecular complexity index is 653. The molecule has 1 aromatic carbocycles. The first kappa shape index (κ1) is 15.4. The molecule has 1 fully saturated rings. The molecule has 0 aromatic heterocycles. The van der Waals surface area contributed by atoms with E-state index in [-0.39, 0.29) is 11.9 Å². The molecule has 23 heavy (non-hydrogen) atoms. The Labute approximate surface area is 134 Å². The Morgan fingerprint density at radius 3 is 2.96 bits per heavy atom. The highest BCUT2D eigenvalue weighted by atomic mass is 16.5. The van der Waals surface area contributed by atoms with Crippen molar-refractivity contribution in [3.8, 4) is 5.75 Å². The second-order valence-electron chi connectivity index (χ2n) is 5.70. The number of ether oxygens (including phenoxy) is 1. The fourth-order valence-electron chi connectivity index (χ4n) is 3.13. The van der Waals surface area contributed by atoms with Gasteiger partial charge >= 0.3 is 0 Å². The van der Waals surface area contributed by atoms with E-state index in [4.69, 9.17) is 4.74 Å². The first-order valence-electron chi connectivity index (χ1n) is 7.74. The molecule has 0 radical (unpaired) electrons. The Hall–Kier alpha value is -2.50. The van der Waals surface area contributed by atoms with E-state index >= 15 is 0 Å². The number of benzene rings is 1. The maximum atomic E-state index is 12.6. The lowest BCUT2D eigenvalue weighted by Gasteiger charge is -2.27. The number of carbonyl (C=O) groups is 2. The summed E-state index contributed by atoms with van der Waals surface area (Å²) in [5.41, 5.74) is 1.09. The van der Waals surface area contributed by atoms with E-state index in [1.807, 2.05) is 29.2 Å². The molecule has 2 amide bonds. The van der Waals surface area contributed by atoms with Gasteiger partial charge in [0, 0.05) is 18.7 Å². The van der Waals surface area contributed by atoms with Crippen LogP contribution in [0.2, 0.25) is 0 Å². The van der Waals surface area contributed by atoms with Crippen LogP contribution in [0, 0.1) is 0 Å². The van der Waals surface area contributed by atoms with Crippen LogP contribution in [0.1, 0.15) is 18.4 Å². The minimum atomic E-state index is -0.675. The van der Waals surface area contributed by atoms with Crippen molar-refractivity contribution in [2.75, 3.05) is 13.7 Å². The highest BCUT2D eigenvalue weighted by molar-refractivity contribution is 5.92. The van der Waals surface area contributed by atoms with Crippen molar-refractivity contribution in [1.82, 2.24) is 4.90 Å². The summed E-state index contributed by atoms with van der Waals surface area (Å²) in [6.07, 6.45) is 5.51. The molecule has 1 aromatic rings. The number of methoxy groups -OCH3 is 1. The largest absolute Gasteiger partial charge is 0.496 e. The first-order valence-corrected chi connectivity index (χ1v) is 7.74. The summed E-state index contributed by atoms with van der Waals surface area (Å²) in [6, 6.07) is 7.32. The van der Waals surface area contributed by atoms with Gasteiger partial charge in [-0.3, -0.25) is 9.59 Å². The summed E-state index contributed by atoms with van der Waals surface area (Å²) in [5, 5.41) is 7.27. The minimum absolute atomic E-state index is 0.0881. The molecule has 0 N–H and O–H groups in total. The van der Waals surface area contributed by atoms with Gasteiger partial charge in [0.05, 0.1) is 7.11 Å². The molecule has 3 rings (SSSR count). The summed E-state index contributed by atoms with van der Waals surface area (Å²) in [6.45, 7) is 0.715. The molecular weight excluding hydrogens is 294 g/mol. The molecule has 6 heteroatoms. The van der Waals surface area contributed by atoms with Gasteiger partial charge in [-0.25, -0.2) is 0 Å². The maximum absolute atomic E-state index is 12.6. The quantitative estimate of drug-likeness (QED) is 0.855. The number of carbonyl (C=O) groups excluding carboxylic acids is 2. The molecule has 2 unspecified atom stereocenters. The van der Waals surface area contributed by atoms with Crippen LogP contribution in [-0.2, 0) is 16.0 Å². The van der Waals surface area contributed by atoms with E-state index < -0.39 is 11.9 Å². The van der Waals surface area contributed by atoms with Crippen LogP contribution in [0.15, 0.2) is 46.6 Å². The van der Waals surface area contributed by atoms with Crippen LogP contribution in [0.3, 0.4) is 0 Å². The predicted molar refractivity (Wildman–Crippen MR) is 84.2 cm³/mol. The van der Waals surface area contributed by atoms with Gasteiger partial charge in [0.25, 0.3) is 11.8 Å². The average molecular weight is 313 g/mol. The molecule has 120 valence electrons. The van der Waals surface area contributed by atoms with Crippen LogP contribution in [0.4, 0.5) is 0 Å². The summed E-state index contributed by atoms with van der Waals surface area (Å²) >= 11 is 0. The van der Waals surface area contributed by atoms with Gasteiger partial charge in [0.1, 0.15) is 5.75 Å². The maximum Gasteiger partial charge on any atom is 0.287 e. The number of para-hydroxylation sites is 1. The number of hydrogen-bond acceptors (Lipinski definition) is 4. The van der Waals surface area contributed by atoms with E-state index in [1.165, 1.54) is 12.2 Å². The average Bonchev–Trinajstić information content (AvgIpc) is 3.03. The van der Waals surface area contributed by atoms with Crippen molar-refractivity contribution in [2.45, 2.75) is 31.3 Å². The number of rotatable bonds is 4. The third-order valence-corrected chi connectivity index (χ3v) is 4.26. The van der Waals surface area contributed by atoms with Gasteiger partial charge in [-0.1, -0.05) is 18.2 Å². The monoisotopic (exact) mass is 313 g/mol. The highest BCUT2D eigenvalue weighted by Crippen LogP contribution is 2.27. The zero-order chi connectivity index (χ0) is 16.2. The standard InChI is InChI=1S/C17H19N3O3/c1-23-15-7-3-2-5-12(15)11-13-6-4-10-20(13)17(22)14-8-9-16(21)19-18-14/h2-3,5,7-9,13-14H,4,6,10-11H2,1H3. The lowest BCUT2D eigenvalue weighted by Crippen LogP contribution is -2.42. The summed E-state index contributed by atoms with van der Waals surface area (Å²) < 4.78 is 5.39. The van der Waals surface area contributed by atoms with Crippen molar-refractivity contribution >= 4 is 11.8 Å². The third kappa shape index (κ3) is 3.31. The summed E-state index contributed by atoms with van der Waals surface area (Å²) in [4.78, 5) is 25.5. The van der Waals surface area contributed by atoms with Crippen molar-refractivity contribution in [3.63, 3.8) is 0 Å². The fraction of sp³-hybridized carbons (Fsp3) is 0.412. The Kier molecular flexibility index (Phi) is 4.50. The van der Waals surface area contributed by atoms with Crippen LogP contribution < -0.4 is 4.74 Å². The second-order valence-corrected chi connectivity index (χ2v) is 5.70.